The number of nitrogens with two attached hydrogens (primary N) is 1. The van der Waals surface area contributed by atoms with E-state index in [4.69, 9.17) is 30.2 Å². The van der Waals surface area contributed by atoms with Crippen molar-refractivity contribution >= 4 is 29.1 Å². The first-order valence-electron chi connectivity index (χ1n) is 18.9. The Balaban J connectivity index is 1.79. The molecule has 0 aromatic carbocycles. The standard InChI is InChI=1S/C43H55N5O5/c1-9-28-24(3)32-21-34-26(5)30(17-18-39(50)52-7)42(47-34)31(20-40(51)53-8)43-41(38(49)16-14-12-11-13-15-19-44)27(6)35(48-43)23-37-29(10-2)25(4)33(46-37)22-36(28)45-32/h9,21-23,26,30,47,49H,1,10-20,44H2,2-8H3. The molecule has 1 saturated heterocycles. The van der Waals surface area contributed by atoms with Crippen molar-refractivity contribution in [1.82, 2.24) is 5.32 Å². The lowest BCUT2D eigenvalue weighted by Gasteiger charge is -2.20. The van der Waals surface area contributed by atoms with Crippen molar-refractivity contribution in [2.75, 3.05) is 20.8 Å². The SMILES string of the molecule is C=CC1=C(C)C2=NC1=CC1=NC(=CC3=C(C)C(=C(O)CCCCCCCN)C(=N3)C(CC(=O)OC)=C3NC(=C2)C(C)C3CCC(=O)OC)C(CC)=C1C. The van der Waals surface area contributed by atoms with Crippen molar-refractivity contribution in [3.05, 3.63) is 104 Å². The van der Waals surface area contributed by atoms with Crippen LogP contribution in [0.5, 0.6) is 0 Å². The summed E-state index contributed by atoms with van der Waals surface area (Å²) in [6, 6.07) is 0. The largest absolute Gasteiger partial charge is 0.512 e. The summed E-state index contributed by atoms with van der Waals surface area (Å²) in [6.45, 7) is 15.1. The molecule has 8 bridgehead atoms. The van der Waals surface area contributed by atoms with Crippen molar-refractivity contribution in [2.45, 2.75) is 98.8 Å². The van der Waals surface area contributed by atoms with Crippen LogP contribution < -0.4 is 11.1 Å². The number of ether oxygens (including phenoxy) is 2. The van der Waals surface area contributed by atoms with Gasteiger partial charge < -0.3 is 25.6 Å². The zero-order valence-corrected chi connectivity index (χ0v) is 32.4. The third-order valence-corrected chi connectivity index (χ3v) is 11.0. The molecule has 53 heavy (non-hydrogen) atoms. The van der Waals surface area contributed by atoms with Gasteiger partial charge >= 0.3 is 11.9 Å². The van der Waals surface area contributed by atoms with Crippen molar-refractivity contribution in [2.24, 2.45) is 32.5 Å². The number of hydrogen-bond donors (Lipinski definition) is 3. The molecule has 0 radical (unpaired) electrons. The summed E-state index contributed by atoms with van der Waals surface area (Å²) in [6.07, 6.45) is 14.6. The molecule has 10 nitrogen and oxygen atoms in total. The highest BCUT2D eigenvalue weighted by Gasteiger charge is 2.39. The number of unbranched alkanes of at least 4 members (excludes halogenated alkanes) is 4. The Hall–Kier alpha value is -4.83. The predicted octanol–water partition coefficient (Wildman–Crippen LogP) is 8.26. The molecule has 5 aliphatic rings. The summed E-state index contributed by atoms with van der Waals surface area (Å²) in [4.78, 5) is 41.2. The van der Waals surface area contributed by atoms with E-state index in [1.54, 1.807) is 0 Å². The van der Waals surface area contributed by atoms with Crippen LogP contribution >= 0.6 is 0 Å². The van der Waals surface area contributed by atoms with Gasteiger partial charge in [-0.25, -0.2) is 15.0 Å². The van der Waals surface area contributed by atoms with Gasteiger partial charge in [-0.05, 0) is 93.5 Å². The van der Waals surface area contributed by atoms with E-state index in [1.165, 1.54) is 14.2 Å². The molecule has 0 aromatic rings. The molecule has 4 N–H and O–H groups in total. The van der Waals surface area contributed by atoms with Crippen LogP contribution in [0.4, 0.5) is 0 Å². The smallest absolute Gasteiger partial charge is 0.310 e. The Bertz CT molecular complexity index is 1920. The van der Waals surface area contributed by atoms with Gasteiger partial charge in [-0.2, -0.15) is 0 Å². The number of aliphatic imine (C=N–C) groups is 3. The Kier molecular flexibility index (Phi) is 12.9. The summed E-state index contributed by atoms with van der Waals surface area (Å²) in [7, 11) is 2.76. The molecule has 0 amide bonds. The fourth-order valence-electron chi connectivity index (χ4n) is 7.81. The van der Waals surface area contributed by atoms with Gasteiger partial charge in [0.05, 0.1) is 54.9 Å². The van der Waals surface area contributed by atoms with Crippen LogP contribution in [-0.4, -0.2) is 54.9 Å². The number of nitrogens with zero attached hydrogens (tertiary/aromatic N) is 3. The van der Waals surface area contributed by atoms with Crippen molar-refractivity contribution in [3.8, 4) is 0 Å². The average molecular weight is 722 g/mol. The number of esters is 2. The maximum absolute atomic E-state index is 13.3. The fraction of sp³-hybridized carbons (Fsp3) is 0.465. The van der Waals surface area contributed by atoms with Crippen LogP contribution in [0.2, 0.25) is 0 Å². The average Bonchev–Trinajstić information content (AvgIpc) is 3.83. The highest BCUT2D eigenvalue weighted by molar-refractivity contribution is 6.20. The van der Waals surface area contributed by atoms with E-state index >= 15 is 0 Å². The third-order valence-electron chi connectivity index (χ3n) is 11.0. The first kappa shape index (κ1) is 39.4. The second-order valence-electron chi connectivity index (χ2n) is 14.2. The summed E-state index contributed by atoms with van der Waals surface area (Å²) < 4.78 is 10.3. The number of allylic oxidation sites excluding steroid dienone is 12. The van der Waals surface area contributed by atoms with Crippen molar-refractivity contribution in [3.63, 3.8) is 0 Å². The minimum atomic E-state index is -0.437. The molecule has 1 fully saturated rings. The van der Waals surface area contributed by atoms with E-state index in [2.05, 4.69) is 38.7 Å². The molecule has 5 heterocycles. The molecule has 282 valence electrons. The van der Waals surface area contributed by atoms with E-state index in [0.29, 0.717) is 41.9 Å². The number of aliphatic hydroxyl groups is 1. The fourth-order valence-corrected chi connectivity index (χ4v) is 7.81. The molecule has 0 spiro atoms. The molecule has 0 aliphatic carbocycles. The lowest BCUT2D eigenvalue weighted by Crippen LogP contribution is -2.21. The normalized spacial score (nSPS) is 22.0. The first-order chi connectivity index (χ1) is 25.5. The lowest BCUT2D eigenvalue weighted by atomic mass is 9.84. The van der Waals surface area contributed by atoms with Crippen molar-refractivity contribution in [1.29, 1.82) is 0 Å². The van der Waals surface area contributed by atoms with E-state index in [9.17, 15) is 14.7 Å². The molecule has 5 aliphatic heterocycles. The maximum atomic E-state index is 13.3. The Morgan fingerprint density at radius 3 is 2.25 bits per heavy atom. The molecule has 2 atom stereocenters. The van der Waals surface area contributed by atoms with Crippen LogP contribution in [0.3, 0.4) is 0 Å². The first-order valence-corrected chi connectivity index (χ1v) is 18.9. The van der Waals surface area contributed by atoms with Gasteiger partial charge in [-0.3, -0.25) is 9.59 Å². The molecule has 5 rings (SSSR count). The molecular weight excluding hydrogens is 667 g/mol. The number of carbonyl (C=O) groups excluding carboxylic acids is 2. The number of methoxy groups -OCH3 is 2. The predicted molar refractivity (Wildman–Crippen MR) is 212 cm³/mol. The van der Waals surface area contributed by atoms with Gasteiger partial charge in [-0.1, -0.05) is 45.8 Å². The summed E-state index contributed by atoms with van der Waals surface area (Å²) in [5.41, 5.74) is 17.9. The van der Waals surface area contributed by atoms with Crippen molar-refractivity contribution < 1.29 is 24.2 Å². The number of carbonyl (C=O) groups is 2. The van der Waals surface area contributed by atoms with Gasteiger partial charge in [0, 0.05) is 52.8 Å². The lowest BCUT2D eigenvalue weighted by molar-refractivity contribution is -0.141. The Morgan fingerprint density at radius 1 is 0.887 bits per heavy atom. The van der Waals surface area contributed by atoms with Crippen LogP contribution in [0.25, 0.3) is 0 Å². The second-order valence-corrected chi connectivity index (χ2v) is 14.2. The monoisotopic (exact) mass is 721 g/mol. The van der Waals surface area contributed by atoms with E-state index in [0.717, 1.165) is 101 Å². The zero-order valence-electron chi connectivity index (χ0n) is 32.4. The highest BCUT2D eigenvalue weighted by Crippen LogP contribution is 2.43. The number of fused-ring (bicyclic) bond motifs is 5. The van der Waals surface area contributed by atoms with Gasteiger partial charge in [0.1, 0.15) is 5.76 Å². The molecule has 0 saturated carbocycles. The molecule has 2 unspecified atom stereocenters. The minimum Gasteiger partial charge on any atom is -0.512 e. The van der Waals surface area contributed by atoms with Crippen LogP contribution in [0.1, 0.15) is 98.8 Å². The minimum absolute atomic E-state index is 0.0847. The molecular formula is C43H55N5O5. The third kappa shape index (κ3) is 8.23. The van der Waals surface area contributed by atoms with Gasteiger partial charge in [0.2, 0.25) is 0 Å². The van der Waals surface area contributed by atoms with Gasteiger partial charge in [-0.15, -0.1) is 0 Å². The number of aliphatic hydroxyl groups excluding tert-OH is 1. The quantitative estimate of drug-likeness (QED) is 0.0929. The molecule has 10 heteroatoms. The van der Waals surface area contributed by atoms with Crippen LogP contribution in [0.15, 0.2) is 119 Å². The van der Waals surface area contributed by atoms with Gasteiger partial charge in [0.15, 0.2) is 0 Å². The number of rotatable bonds is 14. The van der Waals surface area contributed by atoms with E-state index < -0.39 is 5.97 Å². The van der Waals surface area contributed by atoms with Crippen LogP contribution in [-0.2, 0) is 19.1 Å². The van der Waals surface area contributed by atoms with Gasteiger partial charge in [0.25, 0.3) is 0 Å². The Labute approximate surface area is 314 Å². The zero-order chi connectivity index (χ0) is 38.4. The number of nitrogens with one attached hydrogen (secondary N) is 1. The topological polar surface area (TPSA) is 148 Å². The second kappa shape index (κ2) is 17.3. The summed E-state index contributed by atoms with van der Waals surface area (Å²) >= 11 is 0. The highest BCUT2D eigenvalue weighted by atomic mass is 16.5. The maximum Gasteiger partial charge on any atom is 0.310 e. The van der Waals surface area contributed by atoms with Crippen LogP contribution in [0, 0.1) is 11.8 Å². The van der Waals surface area contributed by atoms with E-state index in [-0.39, 0.29) is 36.4 Å². The molecule has 0 aromatic heterocycles. The summed E-state index contributed by atoms with van der Waals surface area (Å²) in [5.74, 6) is -0.807. The van der Waals surface area contributed by atoms with E-state index in [1.807, 2.05) is 32.1 Å². The summed E-state index contributed by atoms with van der Waals surface area (Å²) in [5, 5.41) is 15.6. The Morgan fingerprint density at radius 2 is 1.57 bits per heavy atom. The number of hydrogen-bond acceptors (Lipinski definition) is 10.